The molecule has 0 saturated carbocycles. The van der Waals surface area contributed by atoms with Crippen LogP contribution in [-0.2, 0) is 19.1 Å². The van der Waals surface area contributed by atoms with Crippen molar-refractivity contribution >= 4 is 23.0 Å². The summed E-state index contributed by atoms with van der Waals surface area (Å²) in [4.78, 5) is 18.5. The molecular weight excluding hydrogens is 393 g/mol. The molecule has 0 unspecified atom stereocenters. The Morgan fingerprint density at radius 2 is 1.73 bits per heavy atom. The van der Waals surface area contributed by atoms with Gasteiger partial charge in [-0.05, 0) is 66.1 Å². The van der Waals surface area contributed by atoms with E-state index in [9.17, 15) is 18.0 Å². The Morgan fingerprint density at radius 3 is 2.40 bits per heavy atom. The topological polar surface area (TPSA) is 71.2 Å². The van der Waals surface area contributed by atoms with Crippen LogP contribution in [0.4, 0.5) is 30.2 Å². The first-order valence-corrected chi connectivity index (χ1v) is 9.36. The minimum atomic E-state index is -4.35. The highest BCUT2D eigenvalue weighted by atomic mass is 19.4. The minimum absolute atomic E-state index is 0.146. The molecule has 30 heavy (non-hydrogen) atoms. The maximum absolute atomic E-state index is 12.7. The van der Waals surface area contributed by atoms with Gasteiger partial charge in [0, 0.05) is 24.5 Å². The minimum Gasteiger partial charge on any atom is -0.397 e. The van der Waals surface area contributed by atoms with Gasteiger partial charge in [-0.2, -0.15) is 13.2 Å². The van der Waals surface area contributed by atoms with Crippen LogP contribution in [-0.4, -0.2) is 22.3 Å². The van der Waals surface area contributed by atoms with E-state index in [0.717, 1.165) is 28.9 Å². The van der Waals surface area contributed by atoms with Crippen molar-refractivity contribution in [3.63, 3.8) is 0 Å². The van der Waals surface area contributed by atoms with Crippen molar-refractivity contribution in [3.05, 3.63) is 83.2 Å². The van der Waals surface area contributed by atoms with E-state index in [4.69, 9.17) is 5.73 Å². The number of halogens is 3. The van der Waals surface area contributed by atoms with E-state index in [1.54, 1.807) is 17.0 Å². The number of nitrogens with zero attached hydrogens (tertiary/aromatic N) is 2. The number of pyridine rings is 1. The second-order valence-electron chi connectivity index (χ2n) is 7.14. The lowest BCUT2D eigenvalue weighted by molar-refractivity contribution is -0.137. The summed E-state index contributed by atoms with van der Waals surface area (Å²) in [5.41, 5.74) is 9.29. The monoisotopic (exact) mass is 412 g/mol. The molecule has 3 aromatic rings. The zero-order valence-corrected chi connectivity index (χ0v) is 15.9. The maximum atomic E-state index is 12.7. The summed E-state index contributed by atoms with van der Waals surface area (Å²) in [5, 5.41) is 3.13. The zero-order chi connectivity index (χ0) is 21.3. The molecular formula is C22H19F3N4O. The van der Waals surface area contributed by atoms with Crippen molar-refractivity contribution in [3.8, 4) is 0 Å². The fourth-order valence-corrected chi connectivity index (χ4v) is 3.41. The van der Waals surface area contributed by atoms with Crippen molar-refractivity contribution < 1.29 is 18.0 Å². The number of nitrogens with one attached hydrogen (secondary N) is 1. The highest BCUT2D eigenvalue weighted by Gasteiger charge is 2.30. The number of fused-ring (bicyclic) bond motifs is 1. The third kappa shape index (κ3) is 4.22. The number of aromatic nitrogens is 1. The van der Waals surface area contributed by atoms with E-state index in [0.29, 0.717) is 36.6 Å². The van der Waals surface area contributed by atoms with Gasteiger partial charge in [0.05, 0.1) is 17.4 Å². The average molecular weight is 412 g/mol. The van der Waals surface area contributed by atoms with Crippen LogP contribution in [0, 0.1) is 0 Å². The molecule has 0 aliphatic carbocycles. The highest BCUT2D eigenvalue weighted by molar-refractivity contribution is 5.92. The van der Waals surface area contributed by atoms with Crippen LogP contribution >= 0.6 is 0 Å². The molecule has 0 bridgehead atoms. The second kappa shape index (κ2) is 7.70. The molecule has 0 saturated heterocycles. The number of rotatable bonds is 3. The van der Waals surface area contributed by atoms with E-state index >= 15 is 0 Å². The lowest BCUT2D eigenvalue weighted by Crippen LogP contribution is -2.36. The van der Waals surface area contributed by atoms with Crippen molar-refractivity contribution in [2.45, 2.75) is 19.1 Å². The van der Waals surface area contributed by atoms with Crippen molar-refractivity contribution in [2.24, 2.45) is 0 Å². The van der Waals surface area contributed by atoms with Crippen LogP contribution in [0.15, 0.2) is 60.8 Å². The molecule has 154 valence electrons. The average Bonchev–Trinajstić information content (AvgIpc) is 2.73. The zero-order valence-electron chi connectivity index (χ0n) is 15.9. The Morgan fingerprint density at radius 1 is 1.00 bits per heavy atom. The van der Waals surface area contributed by atoms with Gasteiger partial charge in [-0.3, -0.25) is 4.79 Å². The summed E-state index contributed by atoms with van der Waals surface area (Å²) in [6.07, 6.45) is -2.21. The maximum Gasteiger partial charge on any atom is 0.416 e. The second-order valence-corrected chi connectivity index (χ2v) is 7.14. The normalized spacial score (nSPS) is 13.6. The summed E-state index contributed by atoms with van der Waals surface area (Å²) >= 11 is 0. The lowest BCUT2D eigenvalue weighted by atomic mass is 9.98. The van der Waals surface area contributed by atoms with Gasteiger partial charge in [0.1, 0.15) is 5.69 Å². The number of anilines is 3. The Kier molecular flexibility index (Phi) is 5.07. The van der Waals surface area contributed by atoms with E-state index in [-0.39, 0.29) is 5.91 Å². The van der Waals surface area contributed by atoms with Gasteiger partial charge in [-0.25, -0.2) is 4.98 Å². The number of amides is 1. The number of alkyl halides is 3. The van der Waals surface area contributed by atoms with Gasteiger partial charge in [0.15, 0.2) is 0 Å². The van der Waals surface area contributed by atoms with Gasteiger partial charge < -0.3 is 16.0 Å². The fourth-order valence-electron chi connectivity index (χ4n) is 3.41. The first-order valence-electron chi connectivity index (χ1n) is 9.36. The number of benzene rings is 2. The summed E-state index contributed by atoms with van der Waals surface area (Å²) in [6.45, 7) is 1.03. The first-order chi connectivity index (χ1) is 14.3. The molecule has 2 heterocycles. The van der Waals surface area contributed by atoms with Crippen molar-refractivity contribution in [1.29, 1.82) is 0 Å². The fraction of sp³-hybridized carbons (Fsp3) is 0.182. The summed E-state index contributed by atoms with van der Waals surface area (Å²) in [6, 6.07) is 13.9. The van der Waals surface area contributed by atoms with Gasteiger partial charge in [-0.15, -0.1) is 0 Å². The SMILES string of the molecule is Nc1ccc(C(=O)N2CCc3cc(Nc4ccc(C(F)(F)F)cc4)ccc3C2)nc1. The van der Waals surface area contributed by atoms with Crippen LogP contribution in [0.25, 0.3) is 0 Å². The van der Waals surface area contributed by atoms with Crippen LogP contribution < -0.4 is 11.1 Å². The van der Waals surface area contributed by atoms with Crippen LogP contribution in [0.1, 0.15) is 27.2 Å². The predicted octanol–water partition coefficient (Wildman–Crippen LogP) is 4.62. The molecule has 0 fully saturated rings. The Hall–Kier alpha value is -3.55. The molecule has 2 aromatic carbocycles. The third-order valence-corrected chi connectivity index (χ3v) is 5.01. The Balaban J connectivity index is 1.45. The Labute approximate surface area is 171 Å². The molecule has 1 aliphatic rings. The number of hydrogen-bond donors (Lipinski definition) is 2. The van der Waals surface area contributed by atoms with Crippen LogP contribution in [0.3, 0.4) is 0 Å². The molecule has 0 spiro atoms. The van der Waals surface area contributed by atoms with E-state index in [2.05, 4.69) is 10.3 Å². The smallest absolute Gasteiger partial charge is 0.397 e. The predicted molar refractivity (Wildman–Crippen MR) is 108 cm³/mol. The van der Waals surface area contributed by atoms with Gasteiger partial charge in [0.2, 0.25) is 0 Å². The summed E-state index contributed by atoms with van der Waals surface area (Å²) < 4.78 is 38.1. The van der Waals surface area contributed by atoms with Crippen LogP contribution in [0.5, 0.6) is 0 Å². The molecule has 4 rings (SSSR count). The van der Waals surface area contributed by atoms with Gasteiger partial charge in [0.25, 0.3) is 5.91 Å². The van der Waals surface area contributed by atoms with Gasteiger partial charge >= 0.3 is 6.18 Å². The molecule has 5 nitrogen and oxygen atoms in total. The number of carbonyl (C=O) groups is 1. The molecule has 0 radical (unpaired) electrons. The molecule has 0 atom stereocenters. The largest absolute Gasteiger partial charge is 0.416 e. The standard InChI is InChI=1S/C22H19F3N4O/c23-22(24,25)16-2-6-18(7-3-16)28-19-5-1-15-13-29(10-9-14(15)11-19)21(30)20-8-4-17(26)12-27-20/h1-8,11-12,28H,9-10,13,26H2. The number of nitrogen functional groups attached to an aromatic ring is 1. The van der Waals surface area contributed by atoms with Gasteiger partial charge in [-0.1, -0.05) is 6.07 Å². The molecule has 1 aromatic heterocycles. The van der Waals surface area contributed by atoms with E-state index in [1.807, 2.05) is 18.2 Å². The summed E-state index contributed by atoms with van der Waals surface area (Å²) in [7, 11) is 0. The highest BCUT2D eigenvalue weighted by Crippen LogP contribution is 2.31. The molecule has 8 heteroatoms. The third-order valence-electron chi connectivity index (χ3n) is 5.01. The number of hydrogen-bond acceptors (Lipinski definition) is 4. The first kappa shape index (κ1) is 19.8. The quantitative estimate of drug-likeness (QED) is 0.658. The molecule has 3 N–H and O–H groups in total. The number of nitrogens with two attached hydrogens (primary N) is 1. The lowest BCUT2D eigenvalue weighted by Gasteiger charge is -2.29. The molecule has 1 aliphatic heterocycles. The molecule has 1 amide bonds. The van der Waals surface area contributed by atoms with Crippen LogP contribution in [0.2, 0.25) is 0 Å². The van der Waals surface area contributed by atoms with E-state index in [1.165, 1.54) is 18.3 Å². The Bertz CT molecular complexity index is 1060. The van der Waals surface area contributed by atoms with E-state index < -0.39 is 11.7 Å². The van der Waals surface area contributed by atoms with Crippen molar-refractivity contribution in [2.75, 3.05) is 17.6 Å². The summed E-state index contributed by atoms with van der Waals surface area (Å²) in [5.74, 6) is -0.146. The van der Waals surface area contributed by atoms with Crippen molar-refractivity contribution in [1.82, 2.24) is 9.88 Å². The number of carbonyl (C=O) groups excluding carboxylic acids is 1.